The molecule has 0 atom stereocenters. The number of allylic oxidation sites excluding steroid dienone is 2. The molecule has 61 heavy (non-hydrogen) atoms. The third-order valence-electron chi connectivity index (χ3n) is 14.5. The van der Waals surface area contributed by atoms with Gasteiger partial charge in [0.25, 0.3) is 0 Å². The second kappa shape index (κ2) is 19.3. The molecule has 0 aliphatic heterocycles. The minimum absolute atomic E-state index is 0. The van der Waals surface area contributed by atoms with Crippen LogP contribution in [0.5, 0.6) is 0 Å². The molecule has 2 heterocycles. The average Bonchev–Trinajstić information content (AvgIpc) is 3.20. The van der Waals surface area contributed by atoms with Gasteiger partial charge in [0, 0.05) is 37.1 Å². The number of hydrogen-bond acceptors (Lipinski definition) is 4. The molecule has 1 radical (unpaired) electrons. The molecule has 6 aromatic rings. The maximum atomic E-state index is 10.4. The van der Waals surface area contributed by atoms with Gasteiger partial charge in [-0.25, -0.2) is 0 Å². The van der Waals surface area contributed by atoms with Gasteiger partial charge in [0.05, 0.1) is 5.76 Å². The number of hydrogen-bond donors (Lipinski definition) is 1. The molecular formula is C56H70IrN2O2-2. The number of fused-ring (bicyclic) bond motifs is 2. The number of nitrogens with zero attached hydrogens (tertiary/aromatic N) is 2. The van der Waals surface area contributed by atoms with Crippen molar-refractivity contribution in [2.75, 3.05) is 0 Å². The first kappa shape index (κ1) is 50.9. The van der Waals surface area contributed by atoms with E-state index in [1.54, 1.807) is 6.92 Å². The normalized spacial score (nSPS) is 11.5. The number of carbonyl (C=O) groups excluding carboxylic acids is 1. The van der Waals surface area contributed by atoms with E-state index in [2.05, 4.69) is 151 Å². The van der Waals surface area contributed by atoms with Gasteiger partial charge in [0.15, 0.2) is 5.78 Å². The Bertz CT molecular complexity index is 2620. The number of ketones is 1. The van der Waals surface area contributed by atoms with Crippen LogP contribution in [-0.2, 0) is 24.9 Å². The van der Waals surface area contributed by atoms with E-state index in [-0.39, 0.29) is 31.6 Å². The van der Waals surface area contributed by atoms with Gasteiger partial charge in [-0.05, 0) is 192 Å². The minimum Gasteiger partial charge on any atom is -0.512 e. The van der Waals surface area contributed by atoms with Crippen LogP contribution in [0.1, 0.15) is 132 Å². The van der Waals surface area contributed by atoms with E-state index in [1.807, 2.05) is 0 Å². The zero-order valence-electron chi connectivity index (χ0n) is 41.6. The van der Waals surface area contributed by atoms with E-state index in [0.717, 1.165) is 33.9 Å². The van der Waals surface area contributed by atoms with Crippen LogP contribution in [0, 0.1) is 151 Å². The Morgan fingerprint density at radius 3 is 0.885 bits per heavy atom. The van der Waals surface area contributed by atoms with Crippen molar-refractivity contribution in [1.29, 1.82) is 0 Å². The van der Waals surface area contributed by atoms with Gasteiger partial charge >= 0.3 is 0 Å². The Labute approximate surface area is 382 Å². The summed E-state index contributed by atoms with van der Waals surface area (Å²) in [7, 11) is 0. The van der Waals surface area contributed by atoms with E-state index in [1.165, 1.54) is 136 Å². The third-order valence-corrected chi connectivity index (χ3v) is 14.5. The third kappa shape index (κ3) is 9.21. The molecule has 5 heteroatoms. The quantitative estimate of drug-likeness (QED) is 0.109. The Morgan fingerprint density at radius 1 is 0.377 bits per heavy atom. The summed E-state index contributed by atoms with van der Waals surface area (Å²) in [6.07, 6.45) is 0. The number of carbonyl (C=O) groups is 1. The summed E-state index contributed by atoms with van der Waals surface area (Å²) in [6, 6.07) is 7.32. The molecule has 2 aromatic heterocycles. The smallest absolute Gasteiger partial charge is 0.158 e. The molecule has 6 rings (SSSR count). The van der Waals surface area contributed by atoms with Crippen molar-refractivity contribution in [3.63, 3.8) is 0 Å². The Hall–Kier alpha value is -4.44. The summed E-state index contributed by atoms with van der Waals surface area (Å²) in [5.74, 6) is 0.0301. The second-order valence-corrected chi connectivity index (χ2v) is 17.6. The summed E-state index contributed by atoms with van der Waals surface area (Å²) >= 11 is 0. The van der Waals surface area contributed by atoms with Gasteiger partial charge in [-0.15, -0.1) is 67.8 Å². The molecule has 327 valence electrons. The number of pyridine rings is 2. The van der Waals surface area contributed by atoms with E-state index in [9.17, 15) is 4.79 Å². The first-order valence-electron chi connectivity index (χ1n) is 21.3. The summed E-state index contributed by atoms with van der Waals surface area (Å²) in [5, 5.41) is 14.0. The molecule has 0 amide bonds. The fourth-order valence-corrected chi connectivity index (χ4v) is 8.47. The van der Waals surface area contributed by atoms with Crippen LogP contribution in [0.3, 0.4) is 0 Å². The van der Waals surface area contributed by atoms with E-state index >= 15 is 0 Å². The summed E-state index contributed by atoms with van der Waals surface area (Å²) < 4.78 is 0. The van der Waals surface area contributed by atoms with Crippen molar-refractivity contribution >= 4 is 27.3 Å². The second-order valence-electron chi connectivity index (χ2n) is 17.6. The zero-order chi connectivity index (χ0) is 45.7. The molecule has 0 unspecified atom stereocenters. The fourth-order valence-electron chi connectivity index (χ4n) is 8.47. The average molecular weight is 995 g/mol. The van der Waals surface area contributed by atoms with Gasteiger partial charge in [0.2, 0.25) is 0 Å². The first-order valence-corrected chi connectivity index (χ1v) is 21.3. The predicted octanol–water partition coefficient (Wildman–Crippen LogP) is 15.0. The van der Waals surface area contributed by atoms with Crippen LogP contribution in [0.2, 0.25) is 0 Å². The monoisotopic (exact) mass is 996 g/mol. The van der Waals surface area contributed by atoms with E-state index in [0.29, 0.717) is 5.57 Å². The molecule has 0 saturated heterocycles. The molecule has 0 aliphatic rings. The van der Waals surface area contributed by atoms with Crippen LogP contribution in [0.15, 0.2) is 11.3 Å². The number of aliphatic hydroxyl groups excluding tert-OH is 1. The summed E-state index contributed by atoms with van der Waals surface area (Å²) in [6.45, 7) is 48.7. The van der Waals surface area contributed by atoms with Crippen molar-refractivity contribution in [3.8, 4) is 22.5 Å². The van der Waals surface area contributed by atoms with Gasteiger partial charge < -0.3 is 15.1 Å². The maximum absolute atomic E-state index is 10.4. The van der Waals surface area contributed by atoms with Gasteiger partial charge in [0.1, 0.15) is 0 Å². The minimum atomic E-state index is -0.0787. The number of rotatable bonds is 3. The van der Waals surface area contributed by atoms with Crippen molar-refractivity contribution in [2.24, 2.45) is 0 Å². The number of Topliss-reactive ketones (excluding diaryl/α,β-unsaturated/α-hetero) is 1. The SMILES string of the molecule is CC(=O)/C(C)=C(/C)O.Cc1[c-]c(-c2nc(C)c(C)c3c(C)c(C)c(C)c(C)c23)c(C)c(C)c1C.Cc1[c-]c(-c2nc(C)c(C)c3c(C)c(C)c(C)c(C)c23)c(C)c(C)c1C.[Ir]. The molecule has 0 fully saturated rings. The predicted molar refractivity (Wildman–Crippen MR) is 258 cm³/mol. The summed E-state index contributed by atoms with van der Waals surface area (Å²) in [4.78, 5) is 20.5. The van der Waals surface area contributed by atoms with Crippen molar-refractivity contribution in [2.45, 2.75) is 159 Å². The first-order chi connectivity index (χ1) is 27.7. The fraction of sp³-hybridized carbons (Fsp3) is 0.411. The largest absolute Gasteiger partial charge is 0.512 e. The standard InChI is InChI=1S/2C25H30N.C6H10O2.Ir/c2*1-12-11-22(17(6)14(3)13(12)2)25-24-19(8)16(5)15(4)18(7)23(24)20(9)21(10)26-25;1-4(5(2)7)6(3)8;/h2*1-10H3;7H,1-3H3;/q2*-1;;/b;;5-4-;. The van der Waals surface area contributed by atoms with Crippen LogP contribution in [0.4, 0.5) is 0 Å². The Morgan fingerprint density at radius 2 is 0.639 bits per heavy atom. The molecule has 4 nitrogen and oxygen atoms in total. The molecule has 0 spiro atoms. The number of benzene rings is 4. The van der Waals surface area contributed by atoms with Crippen LogP contribution >= 0.6 is 0 Å². The van der Waals surface area contributed by atoms with Gasteiger partial charge in [-0.1, -0.05) is 55.4 Å². The zero-order valence-corrected chi connectivity index (χ0v) is 44.0. The number of aryl methyl sites for hydroxylation is 10. The molecule has 0 bridgehead atoms. The Kier molecular flexibility index (Phi) is 16.1. The van der Waals surface area contributed by atoms with Crippen LogP contribution < -0.4 is 0 Å². The molecule has 0 aliphatic carbocycles. The van der Waals surface area contributed by atoms with E-state index < -0.39 is 0 Å². The maximum Gasteiger partial charge on any atom is 0.158 e. The Balaban J connectivity index is 0.000000273. The molecular weight excluding hydrogens is 925 g/mol. The van der Waals surface area contributed by atoms with Crippen LogP contribution in [-0.4, -0.2) is 20.9 Å². The molecule has 4 aromatic carbocycles. The van der Waals surface area contributed by atoms with E-state index in [4.69, 9.17) is 15.1 Å². The number of aromatic nitrogens is 2. The van der Waals surface area contributed by atoms with Gasteiger partial charge in [-0.2, -0.15) is 0 Å². The van der Waals surface area contributed by atoms with Crippen molar-refractivity contribution in [3.05, 3.63) is 135 Å². The summed E-state index contributed by atoms with van der Waals surface area (Å²) in [5.41, 5.74) is 31.1. The van der Waals surface area contributed by atoms with Crippen LogP contribution in [0.25, 0.3) is 44.1 Å². The van der Waals surface area contributed by atoms with Crippen molar-refractivity contribution < 1.29 is 30.0 Å². The molecule has 1 N–H and O–H groups in total. The van der Waals surface area contributed by atoms with Gasteiger partial charge in [-0.3, -0.25) is 4.79 Å². The molecule has 0 saturated carbocycles. The van der Waals surface area contributed by atoms with Crippen molar-refractivity contribution in [1.82, 2.24) is 9.97 Å². The topological polar surface area (TPSA) is 63.1 Å². The number of aliphatic hydroxyl groups is 1.